The minimum atomic E-state index is -4.81. The van der Waals surface area contributed by atoms with Crippen LogP contribution in [0.15, 0.2) is 12.2 Å². The standard InChI is InChI=1S/C25H46O7S/c1-2-3-4-5-6-7-8-9-10-11-12-13-14-15-16-17-18-19-20-21-32-25(28)23(22-24(26)27)33(29,30)31/h19-20,23H,2-18,21-22H2,1H3,(H,26,27)(H,29,30,31). The Hall–Kier alpha value is -1.41. The van der Waals surface area contributed by atoms with Crippen LogP contribution < -0.4 is 0 Å². The zero-order chi connectivity index (χ0) is 24.8. The molecule has 0 aliphatic rings. The van der Waals surface area contributed by atoms with Crippen LogP contribution in [0, 0.1) is 0 Å². The van der Waals surface area contributed by atoms with E-state index in [0.717, 1.165) is 19.3 Å². The molecular formula is C25H46O7S. The number of carboxylic acid groups (broad SMARTS) is 1. The first-order valence-electron chi connectivity index (χ1n) is 12.8. The Morgan fingerprint density at radius 2 is 1.18 bits per heavy atom. The number of esters is 1. The summed E-state index contributed by atoms with van der Waals surface area (Å²) in [5.41, 5.74) is 0. The summed E-state index contributed by atoms with van der Waals surface area (Å²) in [5.74, 6) is -2.76. The number of hydrogen-bond donors (Lipinski definition) is 2. The number of unbranched alkanes of at least 4 members (excludes halogenated alkanes) is 16. The van der Waals surface area contributed by atoms with Crippen molar-refractivity contribution in [3.63, 3.8) is 0 Å². The number of carbonyl (C=O) groups excluding carboxylic acids is 1. The SMILES string of the molecule is CCCCCCCCCCCCCCCCCCC=CCOC(=O)C(CC(=O)O)S(=O)(=O)O. The van der Waals surface area contributed by atoms with Crippen LogP contribution >= 0.6 is 0 Å². The molecule has 0 aliphatic heterocycles. The van der Waals surface area contributed by atoms with Gasteiger partial charge in [-0.15, -0.1) is 0 Å². The molecule has 7 nitrogen and oxygen atoms in total. The number of carbonyl (C=O) groups is 2. The van der Waals surface area contributed by atoms with Crippen molar-refractivity contribution in [1.29, 1.82) is 0 Å². The van der Waals surface area contributed by atoms with Crippen LogP contribution in [0.1, 0.15) is 122 Å². The average molecular weight is 491 g/mol. The minimum Gasteiger partial charge on any atom is -0.481 e. The lowest BCUT2D eigenvalue weighted by Crippen LogP contribution is -2.33. The summed E-state index contributed by atoms with van der Waals surface area (Å²) in [6, 6.07) is 0. The highest BCUT2D eigenvalue weighted by Crippen LogP contribution is 2.14. The molecule has 0 heterocycles. The molecule has 2 N–H and O–H groups in total. The zero-order valence-corrected chi connectivity index (χ0v) is 21.3. The second kappa shape index (κ2) is 21.1. The van der Waals surface area contributed by atoms with Crippen molar-refractivity contribution in [2.24, 2.45) is 0 Å². The molecule has 0 saturated carbocycles. The number of rotatable bonds is 23. The highest BCUT2D eigenvalue weighted by molar-refractivity contribution is 7.87. The fourth-order valence-electron chi connectivity index (χ4n) is 3.69. The van der Waals surface area contributed by atoms with Crippen LogP contribution in [0.3, 0.4) is 0 Å². The summed E-state index contributed by atoms with van der Waals surface area (Å²) >= 11 is 0. The largest absolute Gasteiger partial charge is 0.481 e. The highest BCUT2D eigenvalue weighted by atomic mass is 32.2. The normalized spacial score (nSPS) is 12.8. The Bertz CT molecular complexity index is 629. The molecule has 194 valence electrons. The fraction of sp³-hybridized carbons (Fsp3) is 0.840. The minimum absolute atomic E-state index is 0.149. The van der Waals surface area contributed by atoms with E-state index in [4.69, 9.17) is 14.4 Å². The second-order valence-electron chi connectivity index (χ2n) is 8.79. The number of ether oxygens (including phenoxy) is 1. The molecule has 8 heteroatoms. The second-order valence-corrected chi connectivity index (χ2v) is 10.4. The first kappa shape index (κ1) is 31.6. The molecule has 0 rings (SSSR count). The molecule has 0 aromatic carbocycles. The van der Waals surface area contributed by atoms with Gasteiger partial charge in [0.05, 0.1) is 6.42 Å². The van der Waals surface area contributed by atoms with E-state index in [9.17, 15) is 18.0 Å². The maximum atomic E-state index is 11.7. The molecule has 0 fully saturated rings. The van der Waals surface area contributed by atoms with Gasteiger partial charge in [-0.05, 0) is 12.8 Å². The van der Waals surface area contributed by atoms with E-state index < -0.39 is 33.7 Å². The molecule has 0 aromatic heterocycles. The van der Waals surface area contributed by atoms with Gasteiger partial charge in [0.2, 0.25) is 0 Å². The van der Waals surface area contributed by atoms with Gasteiger partial charge in [0.15, 0.2) is 5.25 Å². The van der Waals surface area contributed by atoms with Crippen molar-refractivity contribution in [2.75, 3.05) is 6.61 Å². The van der Waals surface area contributed by atoms with E-state index >= 15 is 0 Å². The summed E-state index contributed by atoms with van der Waals surface area (Å²) in [6.07, 6.45) is 24.4. The van der Waals surface area contributed by atoms with Crippen LogP contribution in [0.5, 0.6) is 0 Å². The first-order valence-corrected chi connectivity index (χ1v) is 14.3. The van der Waals surface area contributed by atoms with Gasteiger partial charge in [-0.1, -0.05) is 115 Å². The van der Waals surface area contributed by atoms with Gasteiger partial charge in [0, 0.05) is 0 Å². The summed E-state index contributed by atoms with van der Waals surface area (Å²) in [7, 11) is -4.81. The Balaban J connectivity index is 3.51. The van der Waals surface area contributed by atoms with Gasteiger partial charge in [0.25, 0.3) is 10.1 Å². The van der Waals surface area contributed by atoms with E-state index in [-0.39, 0.29) is 6.61 Å². The van der Waals surface area contributed by atoms with E-state index in [0.29, 0.717) is 0 Å². The molecular weight excluding hydrogens is 444 g/mol. The maximum absolute atomic E-state index is 11.7. The predicted octanol–water partition coefficient (Wildman–Crippen LogP) is 6.47. The van der Waals surface area contributed by atoms with Crippen LogP contribution in [0.25, 0.3) is 0 Å². The molecule has 33 heavy (non-hydrogen) atoms. The Kier molecular flexibility index (Phi) is 20.2. The van der Waals surface area contributed by atoms with Crippen LogP contribution in [0.2, 0.25) is 0 Å². The van der Waals surface area contributed by atoms with Crippen molar-refractivity contribution >= 4 is 22.1 Å². The third-order valence-electron chi connectivity index (χ3n) is 5.70. The lowest BCUT2D eigenvalue weighted by molar-refractivity contribution is -0.146. The Morgan fingerprint density at radius 3 is 1.58 bits per heavy atom. The molecule has 0 saturated heterocycles. The van der Waals surface area contributed by atoms with Crippen molar-refractivity contribution in [2.45, 2.75) is 128 Å². The van der Waals surface area contributed by atoms with Gasteiger partial charge in [-0.2, -0.15) is 8.42 Å². The number of hydrogen-bond acceptors (Lipinski definition) is 5. The summed E-state index contributed by atoms with van der Waals surface area (Å²) < 4.78 is 35.9. The van der Waals surface area contributed by atoms with Crippen molar-refractivity contribution in [3.05, 3.63) is 12.2 Å². The van der Waals surface area contributed by atoms with Gasteiger partial charge in [0.1, 0.15) is 6.61 Å². The molecule has 0 amide bonds. The molecule has 0 aliphatic carbocycles. The van der Waals surface area contributed by atoms with E-state index in [1.807, 2.05) is 6.08 Å². The van der Waals surface area contributed by atoms with Crippen LogP contribution in [0.4, 0.5) is 0 Å². The van der Waals surface area contributed by atoms with Crippen molar-refractivity contribution < 1.29 is 32.4 Å². The first-order chi connectivity index (χ1) is 15.8. The summed E-state index contributed by atoms with van der Waals surface area (Å²) in [5, 5.41) is 6.55. The van der Waals surface area contributed by atoms with Gasteiger partial charge < -0.3 is 9.84 Å². The number of carboxylic acids is 1. The topological polar surface area (TPSA) is 118 Å². The van der Waals surface area contributed by atoms with Crippen LogP contribution in [-0.2, 0) is 24.4 Å². The van der Waals surface area contributed by atoms with Gasteiger partial charge in [-0.25, -0.2) is 0 Å². The molecule has 0 radical (unpaired) electrons. The van der Waals surface area contributed by atoms with Crippen molar-refractivity contribution in [1.82, 2.24) is 0 Å². The quantitative estimate of drug-likeness (QED) is 0.0729. The van der Waals surface area contributed by atoms with E-state index in [1.54, 1.807) is 6.08 Å². The summed E-state index contributed by atoms with van der Waals surface area (Å²) in [6.45, 7) is 2.11. The van der Waals surface area contributed by atoms with Crippen LogP contribution in [-0.4, -0.2) is 41.9 Å². The van der Waals surface area contributed by atoms with E-state index in [1.165, 1.54) is 89.9 Å². The lowest BCUT2D eigenvalue weighted by Gasteiger charge is -2.10. The van der Waals surface area contributed by atoms with Gasteiger partial charge >= 0.3 is 11.9 Å². The molecule has 1 unspecified atom stereocenters. The monoisotopic (exact) mass is 490 g/mol. The molecule has 0 bridgehead atoms. The molecule has 1 atom stereocenters. The molecule has 0 spiro atoms. The average Bonchev–Trinajstić information content (AvgIpc) is 2.75. The third-order valence-corrected chi connectivity index (χ3v) is 6.77. The molecule has 0 aromatic rings. The number of allylic oxidation sites excluding steroid dienone is 1. The maximum Gasteiger partial charge on any atom is 0.327 e. The predicted molar refractivity (Wildman–Crippen MR) is 132 cm³/mol. The lowest BCUT2D eigenvalue weighted by atomic mass is 10.0. The Morgan fingerprint density at radius 1 is 0.758 bits per heavy atom. The highest BCUT2D eigenvalue weighted by Gasteiger charge is 2.34. The van der Waals surface area contributed by atoms with E-state index in [2.05, 4.69) is 6.92 Å². The van der Waals surface area contributed by atoms with Crippen molar-refractivity contribution in [3.8, 4) is 0 Å². The smallest absolute Gasteiger partial charge is 0.327 e. The third kappa shape index (κ3) is 20.9. The zero-order valence-electron chi connectivity index (χ0n) is 20.5. The summed E-state index contributed by atoms with van der Waals surface area (Å²) in [4.78, 5) is 22.3. The Labute approximate surface area is 201 Å². The number of aliphatic carboxylic acids is 1. The fourth-order valence-corrected chi connectivity index (χ4v) is 4.35. The van der Waals surface area contributed by atoms with Gasteiger partial charge in [-0.3, -0.25) is 14.1 Å².